The standard InChI is InChI=1S/2C26H15BrO4/c2*27-21-10-4-1-7-16(21)19-13-15(24(29)17-8-2-5-11-22(17)28)14-20-25(30)18-9-3-6-12-23(18)31-26(19)20/h2*1-14,28H. The van der Waals surface area contributed by atoms with Gasteiger partial charge in [-0.15, -0.1) is 0 Å². The number of benzene rings is 8. The third-order valence-corrected chi connectivity index (χ3v) is 11.9. The van der Waals surface area contributed by atoms with Crippen LogP contribution in [0.15, 0.2) is 197 Å². The molecule has 0 radical (unpaired) electrons. The number of phenols is 2. The lowest BCUT2D eigenvalue weighted by Gasteiger charge is -2.12. The van der Waals surface area contributed by atoms with Gasteiger partial charge in [-0.3, -0.25) is 19.2 Å². The second-order valence-electron chi connectivity index (χ2n) is 14.3. The summed E-state index contributed by atoms with van der Waals surface area (Å²) in [6, 6.07) is 48.4. The molecule has 0 aliphatic carbocycles. The summed E-state index contributed by atoms with van der Waals surface area (Å²) in [7, 11) is 0. The van der Waals surface area contributed by atoms with E-state index < -0.39 is 0 Å². The summed E-state index contributed by atoms with van der Waals surface area (Å²) in [6.45, 7) is 0. The summed E-state index contributed by atoms with van der Waals surface area (Å²) in [5, 5.41) is 21.9. The van der Waals surface area contributed by atoms with E-state index in [0.717, 1.165) is 20.1 Å². The Balaban J connectivity index is 0.000000158. The smallest absolute Gasteiger partial charge is 0.200 e. The number of carbonyl (C=O) groups excluding carboxylic acids is 2. The number of phenolic OH excluding ortho intramolecular Hbond substituents is 2. The molecule has 0 aliphatic rings. The van der Waals surface area contributed by atoms with Crippen molar-refractivity contribution in [2.75, 3.05) is 0 Å². The maximum absolute atomic E-state index is 13.3. The van der Waals surface area contributed by atoms with Crippen LogP contribution in [0, 0.1) is 0 Å². The van der Waals surface area contributed by atoms with Crippen LogP contribution in [0.3, 0.4) is 0 Å². The average Bonchev–Trinajstić information content (AvgIpc) is 3.29. The molecule has 2 heterocycles. The number of rotatable bonds is 6. The van der Waals surface area contributed by atoms with Crippen molar-refractivity contribution >= 4 is 87.3 Å². The van der Waals surface area contributed by atoms with Crippen LogP contribution >= 0.6 is 31.9 Å². The summed E-state index contributed by atoms with van der Waals surface area (Å²) in [6.07, 6.45) is 0. The molecular weight excluding hydrogens is 912 g/mol. The van der Waals surface area contributed by atoms with Crippen molar-refractivity contribution in [1.82, 2.24) is 0 Å². The quantitative estimate of drug-likeness (QED) is 0.124. The van der Waals surface area contributed by atoms with E-state index in [4.69, 9.17) is 8.83 Å². The van der Waals surface area contributed by atoms with Gasteiger partial charge in [-0.25, -0.2) is 0 Å². The first-order valence-electron chi connectivity index (χ1n) is 19.2. The maximum Gasteiger partial charge on any atom is 0.200 e. The normalized spacial score (nSPS) is 11.1. The fourth-order valence-corrected chi connectivity index (χ4v) is 8.47. The lowest BCUT2D eigenvalue weighted by atomic mass is 9.94. The molecule has 62 heavy (non-hydrogen) atoms. The summed E-state index contributed by atoms with van der Waals surface area (Å²) in [4.78, 5) is 53.1. The van der Waals surface area contributed by atoms with Gasteiger partial charge in [-0.2, -0.15) is 0 Å². The zero-order valence-electron chi connectivity index (χ0n) is 32.3. The number of halogens is 2. The van der Waals surface area contributed by atoms with Gasteiger partial charge in [-0.1, -0.05) is 117 Å². The van der Waals surface area contributed by atoms with Gasteiger partial charge in [-0.05, 0) is 96.1 Å². The topological polar surface area (TPSA) is 135 Å². The molecule has 0 spiro atoms. The van der Waals surface area contributed by atoms with Gasteiger partial charge in [0.2, 0.25) is 10.9 Å². The van der Waals surface area contributed by atoms with E-state index in [1.54, 1.807) is 97.1 Å². The number of hydrogen-bond acceptors (Lipinski definition) is 8. The maximum atomic E-state index is 13.3. The van der Waals surface area contributed by atoms with E-state index in [0.29, 0.717) is 66.1 Å². The largest absolute Gasteiger partial charge is 0.507 e. The molecule has 2 N–H and O–H groups in total. The van der Waals surface area contributed by atoms with E-state index >= 15 is 0 Å². The van der Waals surface area contributed by atoms with Gasteiger partial charge < -0.3 is 19.0 Å². The minimum atomic E-state index is -0.374. The molecule has 0 saturated carbocycles. The predicted molar refractivity (Wildman–Crippen MR) is 249 cm³/mol. The zero-order chi connectivity index (χ0) is 43.1. The minimum Gasteiger partial charge on any atom is -0.507 e. The Morgan fingerprint density at radius 2 is 0.758 bits per heavy atom. The summed E-state index contributed by atoms with van der Waals surface area (Å²) in [5.74, 6) is -0.970. The number of carbonyl (C=O) groups is 2. The van der Waals surface area contributed by atoms with Gasteiger partial charge in [0.1, 0.15) is 33.8 Å². The monoisotopic (exact) mass is 940 g/mol. The van der Waals surface area contributed by atoms with Crippen LogP contribution in [0.5, 0.6) is 11.5 Å². The third-order valence-electron chi connectivity index (χ3n) is 10.5. The first-order chi connectivity index (χ1) is 30.1. The number of para-hydroxylation sites is 4. The molecule has 10 heteroatoms. The van der Waals surface area contributed by atoms with E-state index in [-0.39, 0.29) is 45.0 Å². The second-order valence-corrected chi connectivity index (χ2v) is 16.0. The van der Waals surface area contributed by atoms with Gasteiger partial charge >= 0.3 is 0 Å². The fraction of sp³-hybridized carbons (Fsp3) is 0. The van der Waals surface area contributed by atoms with E-state index in [9.17, 15) is 29.4 Å². The van der Waals surface area contributed by atoms with Gasteiger partial charge in [0.15, 0.2) is 11.6 Å². The summed E-state index contributed by atoms with van der Waals surface area (Å²) in [5.41, 5.74) is 5.10. The average molecular weight is 943 g/mol. The molecular formula is C52H30Br2O8. The molecule has 0 amide bonds. The molecule has 300 valence electrons. The van der Waals surface area contributed by atoms with E-state index in [1.165, 1.54) is 12.1 Å². The van der Waals surface area contributed by atoms with Gasteiger partial charge in [0.05, 0.1) is 32.7 Å². The Hall–Kier alpha value is -7.40. The molecule has 0 bridgehead atoms. The molecule has 8 nitrogen and oxygen atoms in total. The molecule has 0 unspecified atom stereocenters. The van der Waals surface area contributed by atoms with Crippen molar-refractivity contribution in [3.63, 3.8) is 0 Å². The first kappa shape index (κ1) is 40.0. The van der Waals surface area contributed by atoms with Crippen LogP contribution in [-0.2, 0) is 0 Å². The molecule has 0 atom stereocenters. The van der Waals surface area contributed by atoms with Crippen LogP contribution < -0.4 is 10.9 Å². The van der Waals surface area contributed by atoms with Crippen LogP contribution in [0.1, 0.15) is 31.8 Å². The van der Waals surface area contributed by atoms with Crippen molar-refractivity contribution in [2.24, 2.45) is 0 Å². The van der Waals surface area contributed by atoms with Crippen molar-refractivity contribution in [3.05, 3.63) is 222 Å². The molecule has 0 saturated heterocycles. The number of ketones is 2. The molecule has 10 rings (SSSR count). The molecule has 2 aromatic heterocycles. The Bertz CT molecular complexity index is 3330. The Morgan fingerprint density at radius 3 is 1.16 bits per heavy atom. The fourth-order valence-electron chi connectivity index (χ4n) is 7.48. The second kappa shape index (κ2) is 16.6. The lowest BCUT2D eigenvalue weighted by molar-refractivity contribution is 0.102. The van der Waals surface area contributed by atoms with E-state index in [2.05, 4.69) is 31.9 Å². The van der Waals surface area contributed by atoms with Crippen molar-refractivity contribution in [2.45, 2.75) is 0 Å². The molecule has 10 aromatic rings. The van der Waals surface area contributed by atoms with Crippen molar-refractivity contribution < 1.29 is 28.6 Å². The van der Waals surface area contributed by atoms with E-state index in [1.807, 2.05) is 60.7 Å². The highest BCUT2D eigenvalue weighted by Gasteiger charge is 2.22. The van der Waals surface area contributed by atoms with Crippen LogP contribution in [-0.4, -0.2) is 21.8 Å². The van der Waals surface area contributed by atoms with Crippen molar-refractivity contribution in [3.8, 4) is 33.8 Å². The lowest BCUT2D eigenvalue weighted by Crippen LogP contribution is -2.07. The molecule has 8 aromatic carbocycles. The van der Waals surface area contributed by atoms with Gasteiger partial charge in [0, 0.05) is 31.2 Å². The zero-order valence-corrected chi connectivity index (χ0v) is 35.4. The SMILES string of the molecule is O=C(c1cc(-c2ccccc2Br)c2oc3ccccc3c(=O)c2c1)c1ccccc1O.O=C(c1cc(-c2ccccc2Br)c2oc3ccccc3c(=O)c2c1)c1ccccc1O. The number of hydrogen-bond donors (Lipinski definition) is 2. The summed E-state index contributed by atoms with van der Waals surface area (Å²) < 4.78 is 13.9. The molecule has 0 aliphatic heterocycles. The highest BCUT2D eigenvalue weighted by Crippen LogP contribution is 2.38. The van der Waals surface area contributed by atoms with Crippen molar-refractivity contribution in [1.29, 1.82) is 0 Å². The third kappa shape index (κ3) is 7.29. The Labute approximate surface area is 369 Å². The summed E-state index contributed by atoms with van der Waals surface area (Å²) >= 11 is 7.12. The first-order valence-corrected chi connectivity index (χ1v) is 20.8. The highest BCUT2D eigenvalue weighted by molar-refractivity contribution is 9.11. The molecule has 0 fully saturated rings. The highest BCUT2D eigenvalue weighted by atomic mass is 79.9. The number of aromatic hydroxyl groups is 2. The predicted octanol–water partition coefficient (Wildman–Crippen LogP) is 12.6. The minimum absolute atomic E-state index is 0.111. The number of fused-ring (bicyclic) bond motifs is 4. The Morgan fingerprint density at radius 1 is 0.403 bits per heavy atom. The Kier molecular flexibility index (Phi) is 10.7. The van der Waals surface area contributed by atoms with Crippen LogP contribution in [0.4, 0.5) is 0 Å². The van der Waals surface area contributed by atoms with Gasteiger partial charge in [0.25, 0.3) is 0 Å². The van der Waals surface area contributed by atoms with Crippen LogP contribution in [0.25, 0.3) is 66.1 Å². The van der Waals surface area contributed by atoms with Crippen LogP contribution in [0.2, 0.25) is 0 Å².